The maximum Gasteiger partial charge on any atom is 0.206 e. The Balaban J connectivity index is 1.98. The molecule has 2 rings (SSSR count). The summed E-state index contributed by atoms with van der Waals surface area (Å²) in [5, 5.41) is 13.5. The number of furan rings is 1. The van der Waals surface area contributed by atoms with Gasteiger partial charge in [-0.2, -0.15) is 0 Å². The van der Waals surface area contributed by atoms with Gasteiger partial charge in [-0.05, 0) is 40.9 Å². The van der Waals surface area contributed by atoms with E-state index in [9.17, 15) is 0 Å². The predicted molar refractivity (Wildman–Crippen MR) is 76.9 cm³/mol. The Morgan fingerprint density at radius 2 is 2.11 bits per heavy atom. The van der Waals surface area contributed by atoms with Crippen LogP contribution in [0.3, 0.4) is 0 Å². The van der Waals surface area contributed by atoms with Crippen LogP contribution in [0, 0.1) is 5.92 Å². The number of hydrogen-bond donors (Lipinski definition) is 1. The molecule has 4 nitrogen and oxygen atoms in total. The molecule has 2 aromatic heterocycles. The number of nitrogens with one attached hydrogen (secondary N) is 1. The first-order chi connectivity index (χ1) is 8.54. The van der Waals surface area contributed by atoms with E-state index in [0.717, 1.165) is 27.0 Å². The average molecular weight is 330 g/mol. The molecular formula is C12H16BrN3OS. The Kier molecular flexibility index (Phi) is 4.40. The molecule has 0 aliphatic rings. The van der Waals surface area contributed by atoms with Crippen molar-refractivity contribution in [1.82, 2.24) is 10.2 Å². The Morgan fingerprint density at radius 1 is 1.33 bits per heavy atom. The molecule has 0 fully saturated rings. The van der Waals surface area contributed by atoms with E-state index in [1.54, 1.807) is 11.3 Å². The second kappa shape index (κ2) is 5.84. The van der Waals surface area contributed by atoms with Crippen LogP contribution in [-0.2, 0) is 6.42 Å². The molecule has 0 radical (unpaired) electrons. The fourth-order valence-corrected chi connectivity index (χ4v) is 2.92. The first-order valence-electron chi connectivity index (χ1n) is 5.88. The Bertz CT molecular complexity index is 509. The Hall–Kier alpha value is -0.880. The van der Waals surface area contributed by atoms with Crippen molar-refractivity contribution >= 4 is 32.4 Å². The van der Waals surface area contributed by atoms with Crippen LogP contribution in [0.5, 0.6) is 0 Å². The van der Waals surface area contributed by atoms with Gasteiger partial charge in [-0.1, -0.05) is 25.2 Å². The fourth-order valence-electron chi connectivity index (χ4n) is 1.56. The van der Waals surface area contributed by atoms with Crippen LogP contribution in [0.25, 0.3) is 0 Å². The van der Waals surface area contributed by atoms with Crippen molar-refractivity contribution in [3.8, 4) is 0 Å². The van der Waals surface area contributed by atoms with Crippen molar-refractivity contribution in [3.05, 3.63) is 27.6 Å². The van der Waals surface area contributed by atoms with Crippen molar-refractivity contribution in [2.45, 2.75) is 33.2 Å². The van der Waals surface area contributed by atoms with E-state index < -0.39 is 0 Å². The molecule has 0 aromatic carbocycles. The molecule has 0 saturated carbocycles. The van der Waals surface area contributed by atoms with Gasteiger partial charge in [0, 0.05) is 6.42 Å². The van der Waals surface area contributed by atoms with Gasteiger partial charge in [-0.3, -0.25) is 0 Å². The number of rotatable bonds is 5. The Labute approximate surface area is 119 Å². The van der Waals surface area contributed by atoms with Gasteiger partial charge in [0.25, 0.3) is 0 Å². The molecule has 0 amide bonds. The lowest BCUT2D eigenvalue weighted by Gasteiger charge is -2.08. The van der Waals surface area contributed by atoms with Gasteiger partial charge in [0.1, 0.15) is 10.8 Å². The van der Waals surface area contributed by atoms with E-state index >= 15 is 0 Å². The maximum absolute atomic E-state index is 5.50. The molecule has 0 aliphatic carbocycles. The third kappa shape index (κ3) is 3.55. The van der Waals surface area contributed by atoms with Crippen molar-refractivity contribution in [3.63, 3.8) is 0 Å². The second-order valence-electron chi connectivity index (χ2n) is 4.61. The first-order valence-corrected chi connectivity index (χ1v) is 7.49. The van der Waals surface area contributed by atoms with E-state index in [0.29, 0.717) is 5.92 Å². The number of hydrogen-bond acceptors (Lipinski definition) is 5. The number of aromatic nitrogens is 2. The van der Waals surface area contributed by atoms with Crippen LogP contribution in [0.1, 0.15) is 37.6 Å². The molecule has 0 spiro atoms. The summed E-state index contributed by atoms with van der Waals surface area (Å²) in [5.41, 5.74) is 0. The smallest absolute Gasteiger partial charge is 0.206 e. The van der Waals surface area contributed by atoms with Crippen LogP contribution in [0.4, 0.5) is 5.13 Å². The molecule has 18 heavy (non-hydrogen) atoms. The summed E-state index contributed by atoms with van der Waals surface area (Å²) in [6.07, 6.45) is 0.972. The fraction of sp³-hybridized carbons (Fsp3) is 0.500. The van der Waals surface area contributed by atoms with Crippen molar-refractivity contribution in [2.75, 3.05) is 5.32 Å². The molecule has 0 bridgehead atoms. The van der Waals surface area contributed by atoms with Gasteiger partial charge in [0.2, 0.25) is 5.13 Å². The van der Waals surface area contributed by atoms with Gasteiger partial charge in [0.05, 0.1) is 6.04 Å². The van der Waals surface area contributed by atoms with E-state index in [2.05, 4.69) is 45.3 Å². The van der Waals surface area contributed by atoms with Crippen LogP contribution >= 0.6 is 27.3 Å². The average Bonchev–Trinajstić information content (AvgIpc) is 2.87. The topological polar surface area (TPSA) is 51.0 Å². The highest BCUT2D eigenvalue weighted by Crippen LogP contribution is 2.25. The van der Waals surface area contributed by atoms with Gasteiger partial charge in [-0.15, -0.1) is 10.2 Å². The van der Waals surface area contributed by atoms with Gasteiger partial charge in [0.15, 0.2) is 4.67 Å². The third-order valence-electron chi connectivity index (χ3n) is 2.41. The molecule has 1 atom stereocenters. The summed E-state index contributed by atoms with van der Waals surface area (Å²) in [5.74, 6) is 1.48. The highest BCUT2D eigenvalue weighted by atomic mass is 79.9. The van der Waals surface area contributed by atoms with Crippen LogP contribution in [0.2, 0.25) is 0 Å². The summed E-state index contributed by atoms with van der Waals surface area (Å²) in [7, 11) is 0. The molecule has 6 heteroatoms. The summed E-state index contributed by atoms with van der Waals surface area (Å²) in [6.45, 7) is 6.39. The highest BCUT2D eigenvalue weighted by molar-refractivity contribution is 9.10. The molecule has 2 aromatic rings. The number of halogens is 1. The minimum atomic E-state index is 0.0798. The number of anilines is 1. The minimum Gasteiger partial charge on any atom is -0.452 e. The normalized spacial score (nSPS) is 12.9. The van der Waals surface area contributed by atoms with Crippen molar-refractivity contribution in [1.29, 1.82) is 0 Å². The molecule has 2 heterocycles. The second-order valence-corrected chi connectivity index (χ2v) is 6.45. The largest absolute Gasteiger partial charge is 0.452 e. The summed E-state index contributed by atoms with van der Waals surface area (Å²) in [4.78, 5) is 0. The predicted octanol–water partition coefficient (Wildman–Crippen LogP) is 4.27. The summed E-state index contributed by atoms with van der Waals surface area (Å²) >= 11 is 4.90. The molecule has 0 saturated heterocycles. The molecule has 0 aliphatic heterocycles. The highest BCUT2D eigenvalue weighted by Gasteiger charge is 2.13. The van der Waals surface area contributed by atoms with Gasteiger partial charge >= 0.3 is 0 Å². The lowest BCUT2D eigenvalue weighted by atomic mass is 10.1. The lowest BCUT2D eigenvalue weighted by Crippen LogP contribution is -2.04. The Morgan fingerprint density at radius 3 is 2.72 bits per heavy atom. The molecule has 98 valence electrons. The molecule has 1 N–H and O–H groups in total. The van der Waals surface area contributed by atoms with Crippen LogP contribution in [-0.4, -0.2) is 10.2 Å². The van der Waals surface area contributed by atoms with Crippen LogP contribution < -0.4 is 5.32 Å². The monoisotopic (exact) mass is 329 g/mol. The lowest BCUT2D eigenvalue weighted by molar-refractivity contribution is 0.471. The van der Waals surface area contributed by atoms with Crippen molar-refractivity contribution < 1.29 is 4.42 Å². The zero-order chi connectivity index (χ0) is 13.1. The zero-order valence-electron chi connectivity index (χ0n) is 10.6. The standard InChI is InChI=1S/C12H16BrN3OS/c1-7(2)6-11-15-16-12(18-11)14-8(3)9-4-5-10(13)17-9/h4-5,7-8H,6H2,1-3H3,(H,14,16). The molecular weight excluding hydrogens is 314 g/mol. The van der Waals surface area contributed by atoms with E-state index in [4.69, 9.17) is 4.42 Å². The number of nitrogens with zero attached hydrogens (tertiary/aromatic N) is 2. The van der Waals surface area contributed by atoms with E-state index in [-0.39, 0.29) is 6.04 Å². The summed E-state index contributed by atoms with van der Waals surface area (Å²) in [6, 6.07) is 3.91. The minimum absolute atomic E-state index is 0.0798. The SMILES string of the molecule is CC(C)Cc1nnc(NC(C)c2ccc(Br)o2)s1. The third-order valence-corrected chi connectivity index (χ3v) is 3.71. The van der Waals surface area contributed by atoms with Crippen molar-refractivity contribution in [2.24, 2.45) is 5.92 Å². The van der Waals surface area contributed by atoms with Gasteiger partial charge in [-0.25, -0.2) is 0 Å². The zero-order valence-corrected chi connectivity index (χ0v) is 13.0. The first kappa shape index (κ1) is 13.5. The maximum atomic E-state index is 5.50. The van der Waals surface area contributed by atoms with E-state index in [1.165, 1.54) is 0 Å². The summed E-state index contributed by atoms with van der Waals surface area (Å²) < 4.78 is 6.24. The van der Waals surface area contributed by atoms with Gasteiger partial charge < -0.3 is 9.73 Å². The quantitative estimate of drug-likeness (QED) is 0.890. The molecule has 1 unspecified atom stereocenters. The van der Waals surface area contributed by atoms with Crippen LogP contribution in [0.15, 0.2) is 21.2 Å². The van der Waals surface area contributed by atoms with E-state index in [1.807, 2.05) is 19.1 Å².